The van der Waals surface area contributed by atoms with Gasteiger partial charge in [-0.15, -0.1) is 0 Å². The van der Waals surface area contributed by atoms with Crippen LogP contribution in [0, 0.1) is 0 Å². The van der Waals surface area contributed by atoms with Crippen molar-refractivity contribution < 1.29 is 8.83 Å². The number of hydrogen-bond donors (Lipinski definition) is 0. The van der Waals surface area contributed by atoms with Gasteiger partial charge in [0.05, 0.1) is 0 Å². The molecule has 11 aromatic rings. The maximum absolute atomic E-state index is 6.22. The molecule has 3 heterocycles. The highest BCUT2D eigenvalue weighted by molar-refractivity contribution is 6.15. The van der Waals surface area contributed by atoms with Gasteiger partial charge in [-0.1, -0.05) is 121 Å². The van der Waals surface area contributed by atoms with Crippen molar-refractivity contribution in [1.29, 1.82) is 0 Å². The molecule has 52 heavy (non-hydrogen) atoms. The van der Waals surface area contributed by atoms with E-state index in [4.69, 9.17) is 23.8 Å². The predicted octanol–water partition coefficient (Wildman–Crippen LogP) is 12.6. The average molecular weight is 666 g/mol. The average Bonchev–Trinajstić information content (AvgIpc) is 3.83. The molecule has 0 aliphatic heterocycles. The van der Waals surface area contributed by atoms with Crippen LogP contribution in [0.15, 0.2) is 173 Å². The van der Waals surface area contributed by atoms with E-state index in [1.165, 1.54) is 54.2 Å². The smallest absolute Gasteiger partial charge is 0.228 e. The minimum atomic E-state index is 0.491. The first kappa shape index (κ1) is 28.7. The van der Waals surface area contributed by atoms with Crippen LogP contribution in [-0.2, 0) is 0 Å². The number of nitrogens with zero attached hydrogens (tertiary/aromatic N) is 3. The molecule has 0 bridgehead atoms. The third-order valence-corrected chi connectivity index (χ3v) is 10.2. The summed E-state index contributed by atoms with van der Waals surface area (Å²) in [6.07, 6.45) is 0. The van der Waals surface area contributed by atoms with Crippen LogP contribution in [0.2, 0.25) is 0 Å². The lowest BCUT2D eigenvalue weighted by molar-refractivity contribution is 0.609. The fraction of sp³-hybridized carbons (Fsp3) is 0. The minimum absolute atomic E-state index is 0.491. The minimum Gasteiger partial charge on any atom is -0.434 e. The summed E-state index contributed by atoms with van der Waals surface area (Å²) in [7, 11) is 0. The summed E-state index contributed by atoms with van der Waals surface area (Å²) in [5, 5.41) is 9.90. The van der Waals surface area contributed by atoms with E-state index in [1.54, 1.807) is 0 Å². The highest BCUT2D eigenvalue weighted by Gasteiger charge is 2.17. The summed E-state index contributed by atoms with van der Waals surface area (Å²) in [5.41, 5.74) is 8.48. The molecule has 0 unspecified atom stereocenters. The molecule has 0 spiro atoms. The Morgan fingerprint density at radius 3 is 1.12 bits per heavy atom. The molecule has 0 N–H and O–H groups in total. The lowest BCUT2D eigenvalue weighted by Crippen LogP contribution is -1.85. The van der Waals surface area contributed by atoms with E-state index in [0.717, 1.165) is 22.3 Å². The molecule has 8 aromatic carbocycles. The first-order chi connectivity index (χ1) is 25.7. The maximum Gasteiger partial charge on any atom is 0.228 e. The van der Waals surface area contributed by atoms with Crippen molar-refractivity contribution in [3.05, 3.63) is 164 Å². The number of benzene rings is 8. The van der Waals surface area contributed by atoms with Gasteiger partial charge >= 0.3 is 0 Å². The molecule has 5 heteroatoms. The van der Waals surface area contributed by atoms with Crippen molar-refractivity contribution in [1.82, 2.24) is 15.0 Å². The van der Waals surface area contributed by atoms with Crippen LogP contribution in [0.1, 0.15) is 0 Å². The first-order valence-electron chi connectivity index (χ1n) is 17.3. The molecular weight excluding hydrogens is 639 g/mol. The summed E-state index contributed by atoms with van der Waals surface area (Å²) in [4.78, 5) is 14.2. The number of aromatic nitrogens is 3. The summed E-state index contributed by atoms with van der Waals surface area (Å²) < 4.78 is 12.4. The topological polar surface area (TPSA) is 65.0 Å². The Labute approximate surface area is 297 Å². The quantitative estimate of drug-likeness (QED) is 0.175. The van der Waals surface area contributed by atoms with E-state index < -0.39 is 0 Å². The third kappa shape index (κ3) is 4.53. The standard InChI is InChI=1S/C47H27N3O2/c1-3-11-34-32(9-1)25-40(38-15-7-5-13-36(34)38)28-17-21-30(22-18-28)46-49-44-42(51-46)27-43-45(48-44)50-47(52-43)31-23-19-29(20-24-31)41-26-33-10-2-4-12-35(33)37-14-6-8-16-39(37)41/h1-27H. The second-order valence-corrected chi connectivity index (χ2v) is 13.2. The van der Waals surface area contributed by atoms with Gasteiger partial charge in [-0.25, -0.2) is 4.98 Å². The number of oxazole rings is 2. The molecule has 0 radical (unpaired) electrons. The fourth-order valence-corrected chi connectivity index (χ4v) is 7.63. The Morgan fingerprint density at radius 1 is 0.308 bits per heavy atom. The Morgan fingerprint density at radius 2 is 0.673 bits per heavy atom. The van der Waals surface area contributed by atoms with Gasteiger partial charge in [0.15, 0.2) is 11.2 Å². The zero-order valence-corrected chi connectivity index (χ0v) is 27.7. The predicted molar refractivity (Wildman–Crippen MR) is 211 cm³/mol. The van der Waals surface area contributed by atoms with Crippen LogP contribution in [0.5, 0.6) is 0 Å². The molecule has 0 aliphatic rings. The van der Waals surface area contributed by atoms with Crippen LogP contribution in [0.4, 0.5) is 0 Å². The Balaban J connectivity index is 0.903. The van der Waals surface area contributed by atoms with Gasteiger partial charge in [0, 0.05) is 17.2 Å². The van der Waals surface area contributed by atoms with E-state index in [0.29, 0.717) is 34.2 Å². The normalized spacial score (nSPS) is 11.8. The van der Waals surface area contributed by atoms with Gasteiger partial charge in [0.2, 0.25) is 23.1 Å². The molecule has 0 saturated carbocycles. The lowest BCUT2D eigenvalue weighted by atomic mass is 9.93. The van der Waals surface area contributed by atoms with E-state index in [-0.39, 0.29) is 0 Å². The van der Waals surface area contributed by atoms with E-state index in [9.17, 15) is 0 Å². The highest BCUT2D eigenvalue weighted by Crippen LogP contribution is 2.38. The van der Waals surface area contributed by atoms with E-state index in [2.05, 4.69) is 158 Å². The van der Waals surface area contributed by atoms with Crippen molar-refractivity contribution in [2.24, 2.45) is 0 Å². The van der Waals surface area contributed by atoms with Crippen molar-refractivity contribution in [2.45, 2.75) is 0 Å². The molecule has 0 atom stereocenters. The molecule has 11 rings (SSSR count). The van der Waals surface area contributed by atoms with Crippen LogP contribution in [0.25, 0.3) is 111 Å². The third-order valence-electron chi connectivity index (χ3n) is 10.2. The molecular formula is C47H27N3O2. The maximum atomic E-state index is 6.22. The summed E-state index contributed by atoms with van der Waals surface area (Å²) in [5.74, 6) is 1.00. The number of hydrogen-bond acceptors (Lipinski definition) is 5. The number of rotatable bonds is 4. The van der Waals surface area contributed by atoms with Crippen molar-refractivity contribution in [3.8, 4) is 45.2 Å². The Kier molecular flexibility index (Phi) is 6.18. The molecule has 0 fully saturated rings. The lowest BCUT2D eigenvalue weighted by Gasteiger charge is -2.11. The molecule has 0 aliphatic carbocycles. The van der Waals surface area contributed by atoms with Crippen molar-refractivity contribution in [2.75, 3.05) is 0 Å². The van der Waals surface area contributed by atoms with Gasteiger partial charge in [0.25, 0.3) is 0 Å². The zero-order valence-electron chi connectivity index (χ0n) is 27.7. The fourth-order valence-electron chi connectivity index (χ4n) is 7.63. The van der Waals surface area contributed by atoms with Crippen LogP contribution in [-0.4, -0.2) is 15.0 Å². The van der Waals surface area contributed by atoms with Crippen LogP contribution in [0.3, 0.4) is 0 Å². The Bertz CT molecular complexity index is 2910. The monoisotopic (exact) mass is 665 g/mol. The van der Waals surface area contributed by atoms with Gasteiger partial charge in [-0.05, 0) is 102 Å². The van der Waals surface area contributed by atoms with E-state index in [1.807, 2.05) is 6.07 Å². The molecule has 5 nitrogen and oxygen atoms in total. The Hall–Kier alpha value is -7.11. The van der Waals surface area contributed by atoms with Crippen molar-refractivity contribution >= 4 is 65.6 Å². The number of fused-ring (bicyclic) bond motifs is 8. The molecule has 3 aromatic heterocycles. The molecule has 0 saturated heterocycles. The summed E-state index contributed by atoms with van der Waals surface area (Å²) in [6.45, 7) is 0. The van der Waals surface area contributed by atoms with Crippen LogP contribution >= 0.6 is 0 Å². The van der Waals surface area contributed by atoms with E-state index >= 15 is 0 Å². The van der Waals surface area contributed by atoms with Gasteiger partial charge < -0.3 is 8.83 Å². The largest absolute Gasteiger partial charge is 0.434 e. The summed E-state index contributed by atoms with van der Waals surface area (Å²) in [6, 6.07) is 57.3. The molecule has 0 amide bonds. The second-order valence-electron chi connectivity index (χ2n) is 13.2. The SMILES string of the molecule is c1ccc2c(c1)cc(-c1ccc(-c3nc4nc5nc(-c6ccc(-c7cc8ccccc8c8ccccc78)cc6)oc5cc4o3)cc1)c1ccccc12. The van der Waals surface area contributed by atoms with Gasteiger partial charge in [-0.2, -0.15) is 9.97 Å². The van der Waals surface area contributed by atoms with Gasteiger partial charge in [0.1, 0.15) is 0 Å². The van der Waals surface area contributed by atoms with Crippen LogP contribution < -0.4 is 0 Å². The zero-order chi connectivity index (χ0) is 34.2. The first-order valence-corrected chi connectivity index (χ1v) is 17.3. The highest BCUT2D eigenvalue weighted by atomic mass is 16.4. The molecule has 242 valence electrons. The number of pyridine rings is 1. The second kappa shape index (κ2) is 11.2. The van der Waals surface area contributed by atoms with Crippen molar-refractivity contribution in [3.63, 3.8) is 0 Å². The van der Waals surface area contributed by atoms with Gasteiger partial charge in [-0.3, -0.25) is 0 Å². The summed E-state index contributed by atoms with van der Waals surface area (Å²) >= 11 is 0.